The lowest BCUT2D eigenvalue weighted by atomic mass is 10.1. The summed E-state index contributed by atoms with van der Waals surface area (Å²) in [5, 5.41) is 2.59. The zero-order chi connectivity index (χ0) is 17.7. The number of hydrogen-bond acceptors (Lipinski definition) is 4. The molecule has 0 bridgehead atoms. The van der Waals surface area contributed by atoms with Crippen LogP contribution in [0.3, 0.4) is 0 Å². The lowest BCUT2D eigenvalue weighted by Crippen LogP contribution is -2.36. The number of benzene rings is 1. The smallest absolute Gasteiger partial charge is 0.406 e. The summed E-state index contributed by atoms with van der Waals surface area (Å²) in [6.45, 7) is -0.821. The Labute approximate surface area is 136 Å². The van der Waals surface area contributed by atoms with Crippen molar-refractivity contribution in [2.24, 2.45) is 11.7 Å². The Hall–Kier alpha value is -2.29. The summed E-state index contributed by atoms with van der Waals surface area (Å²) >= 11 is 0. The number of nitrogens with zero attached hydrogens (tertiary/aromatic N) is 1. The Bertz CT molecular complexity index is 590. The molecule has 1 aliphatic heterocycles. The molecule has 2 rings (SSSR count). The van der Waals surface area contributed by atoms with Gasteiger partial charge in [0.2, 0.25) is 11.8 Å². The third kappa shape index (κ3) is 5.12. The normalized spacial score (nSPS) is 17.9. The number of halogens is 3. The molecule has 1 fully saturated rings. The zero-order valence-corrected chi connectivity index (χ0v) is 12.8. The van der Waals surface area contributed by atoms with Crippen LogP contribution in [-0.4, -0.2) is 49.1 Å². The van der Waals surface area contributed by atoms with Gasteiger partial charge >= 0.3 is 6.18 Å². The molecule has 1 heterocycles. The second-order valence-corrected chi connectivity index (χ2v) is 5.44. The largest absolute Gasteiger partial charge is 0.492 e. The van der Waals surface area contributed by atoms with Crippen LogP contribution in [0.25, 0.3) is 0 Å². The van der Waals surface area contributed by atoms with Crippen molar-refractivity contribution in [1.82, 2.24) is 4.90 Å². The number of hydrogen-bond donors (Lipinski definition) is 2. The van der Waals surface area contributed by atoms with Crippen molar-refractivity contribution in [3.8, 4) is 5.75 Å². The fourth-order valence-electron chi connectivity index (χ4n) is 2.37. The van der Waals surface area contributed by atoms with E-state index in [1.807, 2.05) is 0 Å². The average Bonchev–Trinajstić information content (AvgIpc) is 2.86. The second-order valence-electron chi connectivity index (χ2n) is 5.44. The van der Waals surface area contributed by atoms with Gasteiger partial charge < -0.3 is 20.7 Å². The molecule has 0 radical (unpaired) electrons. The van der Waals surface area contributed by atoms with Crippen molar-refractivity contribution >= 4 is 17.5 Å². The minimum absolute atomic E-state index is 0.223. The number of likely N-dealkylation sites (tertiary alicyclic amines) is 1. The topological polar surface area (TPSA) is 84.7 Å². The van der Waals surface area contributed by atoms with Crippen LogP contribution in [0.5, 0.6) is 5.75 Å². The molecule has 3 N–H and O–H groups in total. The monoisotopic (exact) mass is 345 g/mol. The molecule has 132 valence electrons. The van der Waals surface area contributed by atoms with E-state index in [1.54, 1.807) is 24.3 Å². The molecule has 9 heteroatoms. The first-order valence-electron chi connectivity index (χ1n) is 7.37. The Morgan fingerprint density at radius 3 is 2.58 bits per heavy atom. The highest BCUT2D eigenvalue weighted by Gasteiger charge is 2.40. The fourth-order valence-corrected chi connectivity index (χ4v) is 2.37. The third-order valence-corrected chi connectivity index (χ3v) is 3.46. The van der Waals surface area contributed by atoms with E-state index < -0.39 is 30.5 Å². The number of carbonyl (C=O) groups is 2. The lowest BCUT2D eigenvalue weighted by Gasteiger charge is -2.18. The minimum atomic E-state index is -4.47. The number of carbonyl (C=O) groups excluding carboxylic acids is 2. The summed E-state index contributed by atoms with van der Waals surface area (Å²) < 4.78 is 42.4. The van der Waals surface area contributed by atoms with Gasteiger partial charge in [0.25, 0.3) is 0 Å². The Kier molecular flexibility index (Phi) is 5.66. The molecule has 1 unspecified atom stereocenters. The van der Waals surface area contributed by atoms with Crippen molar-refractivity contribution < 1.29 is 27.5 Å². The van der Waals surface area contributed by atoms with Crippen molar-refractivity contribution in [3.05, 3.63) is 24.3 Å². The Morgan fingerprint density at radius 1 is 1.33 bits per heavy atom. The Balaban J connectivity index is 1.89. The molecule has 1 saturated heterocycles. The fraction of sp³-hybridized carbons (Fsp3) is 0.467. The lowest BCUT2D eigenvalue weighted by molar-refractivity contribution is -0.157. The van der Waals surface area contributed by atoms with Gasteiger partial charge in [0, 0.05) is 25.2 Å². The van der Waals surface area contributed by atoms with Gasteiger partial charge in [-0.1, -0.05) is 0 Å². The molecule has 1 aromatic rings. The number of nitrogens with one attached hydrogen (secondary N) is 1. The van der Waals surface area contributed by atoms with E-state index in [0.717, 1.165) is 0 Å². The van der Waals surface area contributed by atoms with Gasteiger partial charge in [0.15, 0.2) is 0 Å². The van der Waals surface area contributed by atoms with Crippen LogP contribution in [0.1, 0.15) is 6.42 Å². The van der Waals surface area contributed by atoms with Crippen LogP contribution in [-0.2, 0) is 9.59 Å². The van der Waals surface area contributed by atoms with Gasteiger partial charge in [-0.25, -0.2) is 0 Å². The molecule has 1 aromatic carbocycles. The number of rotatable bonds is 6. The molecule has 0 aliphatic carbocycles. The van der Waals surface area contributed by atoms with E-state index in [-0.39, 0.29) is 13.0 Å². The summed E-state index contributed by atoms with van der Waals surface area (Å²) in [5.41, 5.74) is 5.79. The van der Waals surface area contributed by atoms with Gasteiger partial charge in [0.1, 0.15) is 18.9 Å². The van der Waals surface area contributed by atoms with E-state index in [1.165, 1.54) is 0 Å². The predicted molar refractivity (Wildman–Crippen MR) is 80.4 cm³/mol. The number of alkyl halides is 3. The predicted octanol–water partition coefficient (Wildman–Crippen LogP) is 1.37. The SMILES string of the molecule is NCCOc1ccc(NC(=O)C2CC(=O)N(CC(F)(F)F)C2)cc1. The number of nitrogens with two attached hydrogens (primary N) is 1. The molecular formula is C15H18F3N3O3. The summed E-state index contributed by atoms with van der Waals surface area (Å²) in [6, 6.07) is 6.49. The van der Waals surface area contributed by atoms with E-state index in [4.69, 9.17) is 10.5 Å². The molecule has 0 saturated carbocycles. The average molecular weight is 345 g/mol. The molecule has 1 atom stereocenters. The summed E-state index contributed by atoms with van der Waals surface area (Å²) in [7, 11) is 0. The highest BCUT2D eigenvalue weighted by molar-refractivity contribution is 5.97. The maximum absolute atomic E-state index is 12.4. The molecule has 24 heavy (non-hydrogen) atoms. The number of ether oxygens (including phenoxy) is 1. The quantitative estimate of drug-likeness (QED) is 0.816. The van der Waals surface area contributed by atoms with Gasteiger partial charge in [0.05, 0.1) is 5.92 Å². The van der Waals surface area contributed by atoms with Crippen molar-refractivity contribution in [3.63, 3.8) is 0 Å². The number of anilines is 1. The van der Waals surface area contributed by atoms with E-state index in [2.05, 4.69) is 5.32 Å². The van der Waals surface area contributed by atoms with E-state index in [0.29, 0.717) is 29.5 Å². The first kappa shape index (κ1) is 18.1. The highest BCUT2D eigenvalue weighted by atomic mass is 19.4. The molecule has 0 aromatic heterocycles. The maximum Gasteiger partial charge on any atom is 0.406 e. The molecule has 0 spiro atoms. The Morgan fingerprint density at radius 2 is 2.00 bits per heavy atom. The van der Waals surface area contributed by atoms with Gasteiger partial charge in [-0.05, 0) is 24.3 Å². The van der Waals surface area contributed by atoms with Crippen LogP contribution in [0.2, 0.25) is 0 Å². The van der Waals surface area contributed by atoms with Crippen LogP contribution < -0.4 is 15.8 Å². The number of amides is 2. The van der Waals surface area contributed by atoms with Crippen molar-refractivity contribution in [2.45, 2.75) is 12.6 Å². The molecule has 2 amide bonds. The van der Waals surface area contributed by atoms with Crippen molar-refractivity contribution in [2.75, 3.05) is 31.6 Å². The van der Waals surface area contributed by atoms with Crippen LogP contribution in [0.15, 0.2) is 24.3 Å². The second kappa shape index (κ2) is 7.52. The first-order valence-corrected chi connectivity index (χ1v) is 7.37. The summed E-state index contributed by atoms with van der Waals surface area (Å²) in [4.78, 5) is 24.4. The van der Waals surface area contributed by atoms with Gasteiger partial charge in [-0.3, -0.25) is 9.59 Å². The van der Waals surface area contributed by atoms with Crippen LogP contribution in [0.4, 0.5) is 18.9 Å². The van der Waals surface area contributed by atoms with E-state index >= 15 is 0 Å². The molecule has 6 nitrogen and oxygen atoms in total. The van der Waals surface area contributed by atoms with Crippen LogP contribution >= 0.6 is 0 Å². The zero-order valence-electron chi connectivity index (χ0n) is 12.8. The standard InChI is InChI=1S/C15H18F3N3O3/c16-15(17,18)9-21-8-10(7-13(21)22)14(23)20-11-1-3-12(4-2-11)24-6-5-19/h1-4,10H,5-9,19H2,(H,20,23). The summed E-state index contributed by atoms with van der Waals surface area (Å²) in [5.74, 6) is -1.36. The van der Waals surface area contributed by atoms with Gasteiger partial charge in [-0.15, -0.1) is 0 Å². The van der Waals surface area contributed by atoms with Gasteiger partial charge in [-0.2, -0.15) is 13.2 Å². The third-order valence-electron chi connectivity index (χ3n) is 3.46. The van der Waals surface area contributed by atoms with Crippen LogP contribution in [0, 0.1) is 5.92 Å². The first-order chi connectivity index (χ1) is 11.3. The van der Waals surface area contributed by atoms with E-state index in [9.17, 15) is 22.8 Å². The molecular weight excluding hydrogens is 327 g/mol. The molecule has 1 aliphatic rings. The highest BCUT2D eigenvalue weighted by Crippen LogP contribution is 2.25. The summed E-state index contributed by atoms with van der Waals surface area (Å²) in [6.07, 6.45) is -4.69. The van der Waals surface area contributed by atoms with Crippen molar-refractivity contribution in [1.29, 1.82) is 0 Å². The maximum atomic E-state index is 12.4. The minimum Gasteiger partial charge on any atom is -0.492 e.